The van der Waals surface area contributed by atoms with Crippen LogP contribution in [0.2, 0.25) is 0 Å². The van der Waals surface area contributed by atoms with Crippen LogP contribution >= 0.6 is 27.3 Å². The second-order valence-corrected chi connectivity index (χ2v) is 6.51. The molecule has 0 aliphatic rings. The van der Waals surface area contributed by atoms with Gasteiger partial charge in [0, 0.05) is 32.9 Å². The van der Waals surface area contributed by atoms with Gasteiger partial charge in [-0.15, -0.1) is 11.3 Å². The van der Waals surface area contributed by atoms with Crippen molar-refractivity contribution in [2.24, 2.45) is 5.73 Å². The summed E-state index contributed by atoms with van der Waals surface area (Å²) in [5.41, 5.74) is 7.78. The van der Waals surface area contributed by atoms with Crippen LogP contribution in [0.5, 0.6) is 5.75 Å². The van der Waals surface area contributed by atoms with E-state index in [4.69, 9.17) is 10.5 Å². The van der Waals surface area contributed by atoms with E-state index in [9.17, 15) is 0 Å². The van der Waals surface area contributed by atoms with E-state index in [0.29, 0.717) is 6.61 Å². The number of ether oxygens (including phenoxy) is 1. The molecule has 0 aliphatic heterocycles. The molecule has 0 amide bonds. The van der Waals surface area contributed by atoms with Crippen LogP contribution < -0.4 is 10.5 Å². The van der Waals surface area contributed by atoms with E-state index in [1.807, 2.05) is 26.0 Å². The summed E-state index contributed by atoms with van der Waals surface area (Å²) in [7, 11) is 0. The zero-order valence-corrected chi connectivity index (χ0v) is 13.4. The molecule has 102 valence electrons. The van der Waals surface area contributed by atoms with Crippen molar-refractivity contribution in [3.63, 3.8) is 0 Å². The fourth-order valence-electron chi connectivity index (χ4n) is 1.76. The highest BCUT2D eigenvalue weighted by Crippen LogP contribution is 2.23. The zero-order chi connectivity index (χ0) is 13.8. The fourth-order valence-corrected chi connectivity index (χ4v) is 3.12. The van der Waals surface area contributed by atoms with E-state index in [0.717, 1.165) is 28.0 Å². The van der Waals surface area contributed by atoms with Gasteiger partial charge in [0.05, 0.1) is 5.69 Å². The smallest absolute Gasteiger partial charge is 0.141 e. The Balaban J connectivity index is 2.10. The van der Waals surface area contributed by atoms with Gasteiger partial charge in [0.25, 0.3) is 0 Å². The van der Waals surface area contributed by atoms with Crippen LogP contribution in [0, 0.1) is 6.92 Å². The number of pyridine rings is 1. The molecule has 5 heteroatoms. The van der Waals surface area contributed by atoms with Gasteiger partial charge in [-0.05, 0) is 48.0 Å². The van der Waals surface area contributed by atoms with E-state index in [2.05, 4.69) is 32.4 Å². The van der Waals surface area contributed by atoms with Gasteiger partial charge in [-0.3, -0.25) is 4.98 Å². The first kappa shape index (κ1) is 14.5. The van der Waals surface area contributed by atoms with E-state index in [1.54, 1.807) is 11.3 Å². The van der Waals surface area contributed by atoms with Gasteiger partial charge in [-0.1, -0.05) is 0 Å². The monoisotopic (exact) mass is 340 g/mol. The van der Waals surface area contributed by atoms with Crippen LogP contribution in [-0.2, 0) is 13.0 Å². The molecule has 0 saturated carbocycles. The maximum absolute atomic E-state index is 5.86. The van der Waals surface area contributed by atoms with Gasteiger partial charge >= 0.3 is 0 Å². The maximum atomic E-state index is 5.86. The highest BCUT2D eigenvalue weighted by atomic mass is 79.9. The van der Waals surface area contributed by atoms with Crippen molar-refractivity contribution >= 4 is 27.3 Å². The first-order chi connectivity index (χ1) is 9.04. The van der Waals surface area contributed by atoms with Crippen LogP contribution in [0.3, 0.4) is 0 Å². The summed E-state index contributed by atoms with van der Waals surface area (Å²) in [5, 5.41) is 2.05. The number of aromatic nitrogens is 1. The van der Waals surface area contributed by atoms with Gasteiger partial charge in [0.1, 0.15) is 12.4 Å². The normalized spacial score (nSPS) is 12.4. The molecule has 2 rings (SSSR count). The number of hydrogen-bond donors (Lipinski definition) is 1. The van der Waals surface area contributed by atoms with Gasteiger partial charge in [-0.25, -0.2) is 0 Å². The standard InChI is InChI=1S/C14H17BrN2OS/c1-9(16)5-13-14(4-3-10(2)17-13)18-7-12-6-11(15)8-19-12/h3-4,6,8-9H,5,7,16H2,1-2H3. The molecule has 0 fully saturated rings. The van der Waals surface area contributed by atoms with Crippen molar-refractivity contribution in [2.45, 2.75) is 32.9 Å². The maximum Gasteiger partial charge on any atom is 0.141 e. The number of nitrogens with two attached hydrogens (primary N) is 1. The molecule has 0 saturated heterocycles. The number of rotatable bonds is 5. The second-order valence-electron chi connectivity index (χ2n) is 4.60. The second kappa shape index (κ2) is 6.50. The number of halogens is 1. The third-order valence-corrected chi connectivity index (χ3v) is 4.25. The minimum atomic E-state index is 0.0764. The highest BCUT2D eigenvalue weighted by Gasteiger charge is 2.09. The molecule has 0 aliphatic carbocycles. The molecule has 0 bridgehead atoms. The topological polar surface area (TPSA) is 48.1 Å². The Kier molecular flexibility index (Phi) is 4.96. The lowest BCUT2D eigenvalue weighted by molar-refractivity contribution is 0.304. The van der Waals surface area contributed by atoms with Crippen molar-refractivity contribution in [3.05, 3.63) is 44.3 Å². The van der Waals surface area contributed by atoms with Crippen molar-refractivity contribution in [2.75, 3.05) is 0 Å². The Bertz CT molecular complexity index is 554. The lowest BCUT2D eigenvalue weighted by Gasteiger charge is -2.12. The first-order valence-electron chi connectivity index (χ1n) is 6.12. The van der Waals surface area contributed by atoms with Crippen molar-refractivity contribution < 1.29 is 4.74 Å². The lowest BCUT2D eigenvalue weighted by Crippen LogP contribution is -2.19. The summed E-state index contributed by atoms with van der Waals surface area (Å²) in [6, 6.07) is 6.08. The molecule has 2 aromatic heterocycles. The predicted octanol–water partition coefficient (Wildman–Crippen LogP) is 3.68. The predicted molar refractivity (Wildman–Crippen MR) is 82.7 cm³/mol. The number of nitrogens with zero attached hydrogens (tertiary/aromatic N) is 1. The van der Waals surface area contributed by atoms with Gasteiger partial charge in [-0.2, -0.15) is 0 Å². The Labute approximate surface area is 125 Å². The van der Waals surface area contributed by atoms with Crippen LogP contribution in [0.25, 0.3) is 0 Å². The lowest BCUT2D eigenvalue weighted by atomic mass is 10.1. The van der Waals surface area contributed by atoms with Crippen LogP contribution in [0.15, 0.2) is 28.1 Å². The molecule has 0 radical (unpaired) electrons. The van der Waals surface area contributed by atoms with E-state index in [-0.39, 0.29) is 6.04 Å². The van der Waals surface area contributed by atoms with E-state index < -0.39 is 0 Å². The van der Waals surface area contributed by atoms with Crippen LogP contribution in [-0.4, -0.2) is 11.0 Å². The average Bonchev–Trinajstić information content (AvgIpc) is 2.73. The summed E-state index contributed by atoms with van der Waals surface area (Å²) in [6.45, 7) is 4.52. The molecule has 2 aromatic rings. The fraction of sp³-hybridized carbons (Fsp3) is 0.357. The molecule has 1 unspecified atom stereocenters. The number of thiophene rings is 1. The third kappa shape index (κ3) is 4.30. The molecule has 2 N–H and O–H groups in total. The minimum absolute atomic E-state index is 0.0764. The molecule has 0 aromatic carbocycles. The van der Waals surface area contributed by atoms with Crippen LogP contribution in [0.1, 0.15) is 23.2 Å². The molecule has 1 atom stereocenters. The van der Waals surface area contributed by atoms with E-state index in [1.165, 1.54) is 4.88 Å². The van der Waals surface area contributed by atoms with E-state index >= 15 is 0 Å². The molecule has 0 spiro atoms. The molecule has 3 nitrogen and oxygen atoms in total. The summed E-state index contributed by atoms with van der Waals surface area (Å²) < 4.78 is 6.96. The van der Waals surface area contributed by atoms with Gasteiger partial charge in [0.15, 0.2) is 0 Å². The third-order valence-electron chi connectivity index (χ3n) is 2.58. The van der Waals surface area contributed by atoms with Crippen LogP contribution in [0.4, 0.5) is 0 Å². The van der Waals surface area contributed by atoms with Crippen molar-refractivity contribution in [1.82, 2.24) is 4.98 Å². The molecular weight excluding hydrogens is 324 g/mol. The number of hydrogen-bond acceptors (Lipinski definition) is 4. The Morgan fingerprint density at radius 2 is 2.26 bits per heavy atom. The molecular formula is C14H17BrN2OS. The Hall–Kier alpha value is -0.910. The SMILES string of the molecule is Cc1ccc(OCc2cc(Br)cs2)c(CC(C)N)n1. The minimum Gasteiger partial charge on any atom is -0.486 e. The average molecular weight is 341 g/mol. The van der Waals surface area contributed by atoms with Crippen molar-refractivity contribution in [3.8, 4) is 5.75 Å². The molecule has 2 heterocycles. The zero-order valence-electron chi connectivity index (χ0n) is 11.0. The largest absolute Gasteiger partial charge is 0.486 e. The summed E-state index contributed by atoms with van der Waals surface area (Å²) in [4.78, 5) is 5.70. The van der Waals surface area contributed by atoms with Crippen molar-refractivity contribution in [1.29, 1.82) is 0 Å². The number of aryl methyl sites for hydroxylation is 1. The Morgan fingerprint density at radius 1 is 1.47 bits per heavy atom. The summed E-state index contributed by atoms with van der Waals surface area (Å²) >= 11 is 5.12. The first-order valence-corrected chi connectivity index (χ1v) is 7.79. The molecule has 19 heavy (non-hydrogen) atoms. The highest BCUT2D eigenvalue weighted by molar-refractivity contribution is 9.10. The quantitative estimate of drug-likeness (QED) is 0.902. The summed E-state index contributed by atoms with van der Waals surface area (Å²) in [6.07, 6.45) is 0.727. The Morgan fingerprint density at radius 3 is 2.89 bits per heavy atom. The van der Waals surface area contributed by atoms with Gasteiger partial charge < -0.3 is 10.5 Å². The summed E-state index contributed by atoms with van der Waals surface area (Å²) in [5.74, 6) is 0.826. The van der Waals surface area contributed by atoms with Gasteiger partial charge in [0.2, 0.25) is 0 Å².